The smallest absolute Gasteiger partial charge is 0.229 e. The number of hydrazine groups is 1. The third-order valence-corrected chi connectivity index (χ3v) is 4.13. The fraction of sp³-hybridized carbons (Fsp3) is 0.235. The zero-order valence-electron chi connectivity index (χ0n) is 14.7. The first-order valence-electron chi connectivity index (χ1n) is 8.15. The highest BCUT2D eigenvalue weighted by molar-refractivity contribution is 5.60. The lowest BCUT2D eigenvalue weighted by atomic mass is 10.2. The minimum atomic E-state index is -0.321. The summed E-state index contributed by atoms with van der Waals surface area (Å²) in [6, 6.07) is 4.96. The van der Waals surface area contributed by atoms with Crippen molar-refractivity contribution >= 4 is 23.1 Å². The minimum absolute atomic E-state index is 0.302. The first-order valence-corrected chi connectivity index (χ1v) is 8.15. The van der Waals surface area contributed by atoms with Crippen LogP contribution in [-0.4, -0.2) is 26.8 Å². The van der Waals surface area contributed by atoms with Gasteiger partial charge in [-0.3, -0.25) is 9.69 Å². The molecule has 0 aliphatic carbocycles. The molecule has 26 heavy (non-hydrogen) atoms. The van der Waals surface area contributed by atoms with Crippen LogP contribution in [0.25, 0.3) is 0 Å². The Balaban J connectivity index is 1.58. The zero-order valence-corrected chi connectivity index (χ0v) is 14.7. The molecule has 3 heterocycles. The molecular weight excluding hydrogens is 335 g/mol. The first-order chi connectivity index (χ1) is 12.5. The van der Waals surface area contributed by atoms with E-state index in [1.54, 1.807) is 34.2 Å². The van der Waals surface area contributed by atoms with Crippen molar-refractivity contribution in [3.8, 4) is 0 Å². The van der Waals surface area contributed by atoms with Crippen LogP contribution in [-0.2, 0) is 7.05 Å². The van der Waals surface area contributed by atoms with E-state index in [1.807, 2.05) is 27.2 Å². The summed E-state index contributed by atoms with van der Waals surface area (Å²) >= 11 is 0. The largest absolute Gasteiger partial charge is 0.362 e. The first kappa shape index (κ1) is 16.3. The monoisotopic (exact) mass is 354 g/mol. The number of hydrogen-bond donors (Lipinski definition) is 3. The van der Waals surface area contributed by atoms with E-state index in [0.29, 0.717) is 11.6 Å². The molecule has 9 heteroatoms. The van der Waals surface area contributed by atoms with Crippen LogP contribution in [0.1, 0.15) is 17.3 Å². The Labute approximate surface area is 150 Å². The highest BCUT2D eigenvalue weighted by Crippen LogP contribution is 2.32. The predicted octanol–water partition coefficient (Wildman–Crippen LogP) is 2.47. The predicted molar refractivity (Wildman–Crippen MR) is 97.6 cm³/mol. The number of benzene rings is 1. The maximum atomic E-state index is 14.1. The number of aryl methyl sites for hydroxylation is 2. The molecule has 1 unspecified atom stereocenters. The second kappa shape index (κ2) is 6.26. The summed E-state index contributed by atoms with van der Waals surface area (Å²) in [6.07, 6.45) is 4.94. The van der Waals surface area contributed by atoms with E-state index in [0.717, 1.165) is 22.6 Å². The number of nitrogens with one attached hydrogen (secondary N) is 3. The van der Waals surface area contributed by atoms with Gasteiger partial charge < -0.3 is 10.6 Å². The van der Waals surface area contributed by atoms with E-state index < -0.39 is 0 Å². The molecule has 1 aliphatic rings. The summed E-state index contributed by atoms with van der Waals surface area (Å²) in [4.78, 5) is 8.90. The summed E-state index contributed by atoms with van der Waals surface area (Å²) in [7, 11) is 3.70. The van der Waals surface area contributed by atoms with Crippen LogP contribution in [0.4, 0.5) is 27.5 Å². The molecule has 3 N–H and O–H groups in total. The highest BCUT2D eigenvalue weighted by Gasteiger charge is 2.29. The van der Waals surface area contributed by atoms with Gasteiger partial charge in [0.1, 0.15) is 12.0 Å². The number of halogens is 1. The highest BCUT2D eigenvalue weighted by atomic mass is 19.1. The number of rotatable bonds is 4. The van der Waals surface area contributed by atoms with Crippen LogP contribution in [0.5, 0.6) is 0 Å². The summed E-state index contributed by atoms with van der Waals surface area (Å²) < 4.78 is 15.7. The molecule has 0 amide bonds. The van der Waals surface area contributed by atoms with Gasteiger partial charge in [0.2, 0.25) is 5.95 Å². The second-order valence-electron chi connectivity index (χ2n) is 6.25. The molecule has 134 valence electrons. The van der Waals surface area contributed by atoms with Crippen LogP contribution in [0.3, 0.4) is 0 Å². The maximum absolute atomic E-state index is 14.1. The van der Waals surface area contributed by atoms with Crippen molar-refractivity contribution in [2.75, 3.05) is 22.7 Å². The molecular formula is C17H19FN8. The van der Waals surface area contributed by atoms with Crippen LogP contribution >= 0.6 is 0 Å². The Hall–Kier alpha value is -3.20. The van der Waals surface area contributed by atoms with Gasteiger partial charge in [-0.25, -0.2) is 14.8 Å². The molecule has 0 saturated heterocycles. The van der Waals surface area contributed by atoms with E-state index in [-0.39, 0.29) is 12.0 Å². The van der Waals surface area contributed by atoms with Gasteiger partial charge in [-0.15, -0.1) is 0 Å². The molecule has 1 aromatic carbocycles. The summed E-state index contributed by atoms with van der Waals surface area (Å²) in [5.41, 5.74) is 6.27. The molecule has 8 nitrogen and oxygen atoms in total. The van der Waals surface area contributed by atoms with E-state index in [4.69, 9.17) is 0 Å². The second-order valence-corrected chi connectivity index (χ2v) is 6.25. The number of aromatic nitrogens is 4. The number of fused-ring (bicyclic) bond motifs is 1. The number of anilines is 4. The summed E-state index contributed by atoms with van der Waals surface area (Å²) in [5, 5.41) is 12.2. The van der Waals surface area contributed by atoms with Crippen LogP contribution < -0.4 is 21.1 Å². The topological polar surface area (TPSA) is 82.9 Å². The molecule has 1 aliphatic heterocycles. The molecule has 0 radical (unpaired) electrons. The van der Waals surface area contributed by atoms with Gasteiger partial charge in [-0.05, 0) is 24.6 Å². The standard InChI is InChI=1S/C17H19FN8/c1-10-4-5-13(18)14(6-10)22-15-12-8-19-17(23-16(12)26(3)24-15)21-11-7-20-25(2)9-11/h4-9,15,22,24H,1-3H3,(H,19,21,23). The van der Waals surface area contributed by atoms with E-state index in [2.05, 4.69) is 31.1 Å². The van der Waals surface area contributed by atoms with Gasteiger partial charge in [0.25, 0.3) is 0 Å². The Kier molecular flexibility index (Phi) is 3.92. The molecule has 0 saturated carbocycles. The van der Waals surface area contributed by atoms with Gasteiger partial charge in [-0.2, -0.15) is 10.1 Å². The van der Waals surface area contributed by atoms with Gasteiger partial charge >= 0.3 is 0 Å². The van der Waals surface area contributed by atoms with Crippen molar-refractivity contribution < 1.29 is 4.39 Å². The quantitative estimate of drug-likeness (QED) is 0.664. The molecule has 1 atom stereocenters. The maximum Gasteiger partial charge on any atom is 0.229 e. The summed E-state index contributed by atoms with van der Waals surface area (Å²) in [6.45, 7) is 1.92. The van der Waals surface area contributed by atoms with Crippen molar-refractivity contribution in [2.24, 2.45) is 7.05 Å². The molecule has 0 spiro atoms. The van der Waals surface area contributed by atoms with Crippen molar-refractivity contribution in [1.29, 1.82) is 0 Å². The zero-order chi connectivity index (χ0) is 18.3. The normalized spacial score (nSPS) is 15.8. The van der Waals surface area contributed by atoms with Crippen LogP contribution in [0.15, 0.2) is 36.8 Å². The Morgan fingerprint density at radius 1 is 1.23 bits per heavy atom. The molecule has 2 aromatic heterocycles. The lowest BCUT2D eigenvalue weighted by Gasteiger charge is -2.17. The van der Waals surface area contributed by atoms with E-state index >= 15 is 0 Å². The van der Waals surface area contributed by atoms with Gasteiger partial charge in [0.05, 0.1) is 23.1 Å². The average Bonchev–Trinajstić information content (AvgIpc) is 3.15. The Morgan fingerprint density at radius 2 is 2.08 bits per heavy atom. The fourth-order valence-corrected chi connectivity index (χ4v) is 2.87. The fourth-order valence-electron chi connectivity index (χ4n) is 2.87. The number of nitrogens with zero attached hydrogens (tertiary/aromatic N) is 5. The number of hydrogen-bond acceptors (Lipinski definition) is 7. The lowest BCUT2D eigenvalue weighted by Crippen LogP contribution is -2.34. The SMILES string of the molecule is Cc1ccc(F)c(NC2NN(C)c3nc(Nc4cnn(C)c4)ncc32)c1. The Bertz CT molecular complexity index is 954. The molecule has 0 fully saturated rings. The van der Waals surface area contributed by atoms with Gasteiger partial charge in [-0.1, -0.05) is 6.07 Å². The minimum Gasteiger partial charge on any atom is -0.362 e. The van der Waals surface area contributed by atoms with Crippen LogP contribution in [0.2, 0.25) is 0 Å². The third kappa shape index (κ3) is 3.04. The molecule has 3 aromatic rings. The van der Waals surface area contributed by atoms with Crippen LogP contribution in [0, 0.1) is 12.7 Å². The van der Waals surface area contributed by atoms with Crippen molar-refractivity contribution in [1.82, 2.24) is 25.2 Å². The molecule has 0 bridgehead atoms. The van der Waals surface area contributed by atoms with Crippen molar-refractivity contribution in [3.63, 3.8) is 0 Å². The van der Waals surface area contributed by atoms with Crippen molar-refractivity contribution in [3.05, 3.63) is 53.7 Å². The van der Waals surface area contributed by atoms with Gasteiger partial charge in [0, 0.05) is 26.5 Å². The van der Waals surface area contributed by atoms with E-state index in [1.165, 1.54) is 6.07 Å². The molecule has 4 rings (SSSR count). The Morgan fingerprint density at radius 3 is 2.85 bits per heavy atom. The lowest BCUT2D eigenvalue weighted by molar-refractivity contribution is 0.601. The van der Waals surface area contributed by atoms with Gasteiger partial charge in [0.15, 0.2) is 5.82 Å². The van der Waals surface area contributed by atoms with E-state index in [9.17, 15) is 4.39 Å². The summed E-state index contributed by atoms with van der Waals surface area (Å²) in [5.74, 6) is 0.883. The van der Waals surface area contributed by atoms with Crippen molar-refractivity contribution in [2.45, 2.75) is 13.1 Å². The third-order valence-electron chi connectivity index (χ3n) is 4.13. The average molecular weight is 354 g/mol.